The van der Waals surface area contributed by atoms with Crippen molar-refractivity contribution in [3.05, 3.63) is 16.8 Å². The van der Waals surface area contributed by atoms with Crippen molar-refractivity contribution in [1.82, 2.24) is 19.3 Å². The summed E-state index contributed by atoms with van der Waals surface area (Å²) in [7, 11) is 0. The Morgan fingerprint density at radius 3 is 2.89 bits per heavy atom. The van der Waals surface area contributed by atoms with Gasteiger partial charge in [0.25, 0.3) is 0 Å². The summed E-state index contributed by atoms with van der Waals surface area (Å²) in [6, 6.07) is 2.09. The molecule has 19 heavy (non-hydrogen) atoms. The maximum Gasteiger partial charge on any atom is 0.222 e. The highest BCUT2D eigenvalue weighted by molar-refractivity contribution is 8.01. The predicted molar refractivity (Wildman–Crippen MR) is 80.0 cm³/mol. The van der Waals surface area contributed by atoms with Gasteiger partial charge in [-0.1, -0.05) is 6.92 Å². The summed E-state index contributed by atoms with van der Waals surface area (Å²) < 4.78 is 5.17. The molecule has 0 atom stereocenters. The Morgan fingerprint density at radius 2 is 2.16 bits per heavy atom. The van der Waals surface area contributed by atoms with Crippen molar-refractivity contribution in [1.29, 1.82) is 0 Å². The van der Waals surface area contributed by atoms with Gasteiger partial charge in [-0.05, 0) is 36.3 Å². The molecule has 0 fully saturated rings. The summed E-state index contributed by atoms with van der Waals surface area (Å²) in [6.45, 7) is 4.09. The Hall–Kier alpha value is -1.25. The molecule has 3 aromatic heterocycles. The molecule has 0 amide bonds. The highest BCUT2D eigenvalue weighted by atomic mass is 32.2. The molecule has 8 heteroatoms. The molecule has 0 unspecified atom stereocenters. The maximum absolute atomic E-state index is 5.76. The van der Waals surface area contributed by atoms with E-state index < -0.39 is 0 Å². The lowest BCUT2D eigenvalue weighted by Crippen LogP contribution is -1.95. The van der Waals surface area contributed by atoms with Crippen LogP contribution in [0.15, 0.2) is 15.4 Å². The molecule has 3 heterocycles. The number of aryl methyl sites for hydroxylation is 2. The minimum atomic E-state index is 0.303. The normalized spacial score (nSPS) is 11.3. The third kappa shape index (κ3) is 2.56. The van der Waals surface area contributed by atoms with Gasteiger partial charge in [-0.3, -0.25) is 0 Å². The number of rotatable bonds is 3. The summed E-state index contributed by atoms with van der Waals surface area (Å²) in [4.78, 5) is 15.1. The Morgan fingerprint density at radius 1 is 1.32 bits per heavy atom. The van der Waals surface area contributed by atoms with Crippen LogP contribution in [0.25, 0.3) is 10.2 Å². The third-order valence-corrected chi connectivity index (χ3v) is 5.19. The molecule has 0 bridgehead atoms. The number of aromatic nitrogens is 4. The minimum absolute atomic E-state index is 0.303. The smallest absolute Gasteiger partial charge is 0.222 e. The number of thiophene rings is 1. The number of nitrogens with zero attached hydrogens (tertiary/aromatic N) is 4. The van der Waals surface area contributed by atoms with E-state index in [9.17, 15) is 0 Å². The molecule has 0 aromatic carbocycles. The van der Waals surface area contributed by atoms with Crippen LogP contribution in [0.2, 0.25) is 0 Å². The maximum atomic E-state index is 5.76. The van der Waals surface area contributed by atoms with E-state index in [1.807, 2.05) is 6.92 Å². The molecule has 98 valence electrons. The average Bonchev–Trinajstić information content (AvgIpc) is 2.94. The first-order valence-corrected chi connectivity index (χ1v) is 8.10. The molecule has 5 nitrogen and oxygen atoms in total. The fourth-order valence-corrected chi connectivity index (χ4v) is 4.28. The second-order valence-electron chi connectivity index (χ2n) is 3.89. The molecule has 0 saturated carbocycles. The molecule has 0 spiro atoms. The van der Waals surface area contributed by atoms with Crippen LogP contribution in [0, 0.1) is 6.92 Å². The van der Waals surface area contributed by atoms with E-state index in [-0.39, 0.29) is 0 Å². The van der Waals surface area contributed by atoms with Crippen LogP contribution >= 0.6 is 34.6 Å². The molecular weight excluding hydrogens is 298 g/mol. The van der Waals surface area contributed by atoms with Crippen LogP contribution in [0.3, 0.4) is 0 Å². The fourth-order valence-electron chi connectivity index (χ4n) is 1.61. The van der Waals surface area contributed by atoms with Crippen LogP contribution in [0.4, 0.5) is 5.95 Å². The number of nitrogens with two attached hydrogens (primary N) is 1. The lowest BCUT2D eigenvalue weighted by molar-refractivity contribution is 0.970. The third-order valence-electron chi connectivity index (χ3n) is 2.45. The highest BCUT2D eigenvalue weighted by Crippen LogP contribution is 2.35. The second kappa shape index (κ2) is 5.03. The van der Waals surface area contributed by atoms with Gasteiger partial charge in [0.05, 0.1) is 0 Å². The summed E-state index contributed by atoms with van der Waals surface area (Å²) in [5.74, 6) is 1.17. The number of hydrogen-bond donors (Lipinski definition) is 1. The van der Waals surface area contributed by atoms with Gasteiger partial charge in [0.2, 0.25) is 5.95 Å². The zero-order chi connectivity index (χ0) is 13.4. The first-order chi connectivity index (χ1) is 9.15. The molecule has 3 rings (SSSR count). The zero-order valence-corrected chi connectivity index (χ0v) is 12.8. The minimum Gasteiger partial charge on any atom is -0.368 e. The van der Waals surface area contributed by atoms with E-state index in [0.29, 0.717) is 5.95 Å². The zero-order valence-electron chi connectivity index (χ0n) is 10.4. The van der Waals surface area contributed by atoms with Crippen molar-refractivity contribution in [2.45, 2.75) is 29.6 Å². The van der Waals surface area contributed by atoms with Crippen molar-refractivity contribution < 1.29 is 0 Å². The summed E-state index contributed by atoms with van der Waals surface area (Å²) in [6.07, 6.45) is 0.843. The van der Waals surface area contributed by atoms with E-state index in [0.717, 1.165) is 31.8 Å². The number of fused-ring (bicyclic) bond motifs is 1. The largest absolute Gasteiger partial charge is 0.368 e. The van der Waals surface area contributed by atoms with Crippen LogP contribution < -0.4 is 5.73 Å². The highest BCUT2D eigenvalue weighted by Gasteiger charge is 2.13. The lowest BCUT2D eigenvalue weighted by Gasteiger charge is -2.00. The molecule has 3 aromatic rings. The molecule has 0 aliphatic carbocycles. The quantitative estimate of drug-likeness (QED) is 0.749. The SMILES string of the molecule is CCc1nsc(Sc2nc(N)nc3sc(C)cc23)n1. The van der Waals surface area contributed by atoms with Gasteiger partial charge in [-0.25, -0.2) is 15.0 Å². The Balaban J connectivity index is 2.03. The average molecular weight is 309 g/mol. The summed E-state index contributed by atoms with van der Waals surface area (Å²) in [5, 5.41) is 1.89. The monoisotopic (exact) mass is 309 g/mol. The summed E-state index contributed by atoms with van der Waals surface area (Å²) in [5.41, 5.74) is 5.76. The first kappa shape index (κ1) is 12.8. The number of anilines is 1. The summed E-state index contributed by atoms with van der Waals surface area (Å²) >= 11 is 4.52. The van der Waals surface area contributed by atoms with Gasteiger partial charge in [-0.2, -0.15) is 4.37 Å². The van der Waals surface area contributed by atoms with Gasteiger partial charge in [0, 0.05) is 16.7 Å². The fraction of sp³-hybridized carbons (Fsp3) is 0.273. The van der Waals surface area contributed by atoms with Gasteiger partial charge >= 0.3 is 0 Å². The van der Waals surface area contributed by atoms with Crippen LogP contribution in [0.1, 0.15) is 17.6 Å². The van der Waals surface area contributed by atoms with Crippen LogP contribution in [0.5, 0.6) is 0 Å². The van der Waals surface area contributed by atoms with E-state index in [1.54, 1.807) is 11.3 Å². The van der Waals surface area contributed by atoms with Gasteiger partial charge in [0.15, 0.2) is 4.34 Å². The topological polar surface area (TPSA) is 77.6 Å². The molecule has 0 aliphatic heterocycles. The Bertz CT molecular complexity index is 733. The van der Waals surface area contributed by atoms with Gasteiger partial charge in [0.1, 0.15) is 15.7 Å². The van der Waals surface area contributed by atoms with E-state index in [2.05, 4.69) is 32.3 Å². The Labute approximate surface area is 122 Å². The number of hydrogen-bond acceptors (Lipinski definition) is 8. The van der Waals surface area contributed by atoms with Crippen molar-refractivity contribution in [2.24, 2.45) is 0 Å². The van der Waals surface area contributed by atoms with Gasteiger partial charge < -0.3 is 5.73 Å². The van der Waals surface area contributed by atoms with Crippen LogP contribution in [-0.4, -0.2) is 19.3 Å². The van der Waals surface area contributed by atoms with E-state index in [4.69, 9.17) is 5.73 Å². The molecule has 0 saturated heterocycles. The van der Waals surface area contributed by atoms with E-state index >= 15 is 0 Å². The Kier molecular flexibility index (Phi) is 3.38. The van der Waals surface area contributed by atoms with Crippen LogP contribution in [-0.2, 0) is 6.42 Å². The van der Waals surface area contributed by atoms with Crippen molar-refractivity contribution in [2.75, 3.05) is 5.73 Å². The van der Waals surface area contributed by atoms with E-state index in [1.165, 1.54) is 28.2 Å². The second-order valence-corrected chi connectivity index (χ2v) is 7.12. The first-order valence-electron chi connectivity index (χ1n) is 5.70. The number of nitrogen functional groups attached to an aromatic ring is 1. The molecule has 0 radical (unpaired) electrons. The van der Waals surface area contributed by atoms with Crippen molar-refractivity contribution >= 4 is 50.8 Å². The van der Waals surface area contributed by atoms with Gasteiger partial charge in [-0.15, -0.1) is 11.3 Å². The molecule has 0 aliphatic rings. The molecule has 2 N–H and O–H groups in total. The lowest BCUT2D eigenvalue weighted by atomic mass is 10.4. The standard InChI is InChI=1S/C11H11N5S3/c1-3-7-13-11(19-16-7)18-9-6-4-5(2)17-8(6)14-10(12)15-9/h4H,3H2,1-2H3,(H2,12,14,15). The predicted octanol–water partition coefficient (Wildman–Crippen LogP) is 3.15. The molecular formula is C11H11N5S3. The van der Waals surface area contributed by atoms with Crippen molar-refractivity contribution in [3.8, 4) is 0 Å². The van der Waals surface area contributed by atoms with Crippen molar-refractivity contribution in [3.63, 3.8) is 0 Å².